The van der Waals surface area contributed by atoms with Crippen molar-refractivity contribution in [2.24, 2.45) is 0 Å². The number of aromatic nitrogens is 2. The summed E-state index contributed by atoms with van der Waals surface area (Å²) in [4.78, 5) is 0.255. The Balaban J connectivity index is 2.17. The third-order valence-corrected chi connectivity index (χ3v) is 5.46. The molecule has 0 amide bonds. The number of rotatable bonds is 6. The van der Waals surface area contributed by atoms with Crippen molar-refractivity contribution in [3.8, 4) is 0 Å². The van der Waals surface area contributed by atoms with Gasteiger partial charge in [0.05, 0.1) is 6.20 Å². The summed E-state index contributed by atoms with van der Waals surface area (Å²) in [5, 5.41) is 12.8. The van der Waals surface area contributed by atoms with E-state index < -0.39 is 10.0 Å². The molecule has 6 nitrogen and oxygen atoms in total. The van der Waals surface area contributed by atoms with Gasteiger partial charge in [-0.3, -0.25) is 4.68 Å². The van der Waals surface area contributed by atoms with Gasteiger partial charge in [-0.1, -0.05) is 6.92 Å². The molecule has 1 aliphatic heterocycles. The zero-order valence-electron chi connectivity index (χ0n) is 11.2. The average molecular weight is 287 g/mol. The maximum absolute atomic E-state index is 12.5. The van der Waals surface area contributed by atoms with Crippen molar-refractivity contribution in [1.82, 2.24) is 14.1 Å². The molecule has 1 N–H and O–H groups in total. The van der Waals surface area contributed by atoms with Crippen LogP contribution >= 0.6 is 0 Å². The van der Waals surface area contributed by atoms with Crippen LogP contribution in [0.5, 0.6) is 0 Å². The molecule has 1 aliphatic rings. The number of aliphatic hydroxyl groups excluding tert-OH is 1. The van der Waals surface area contributed by atoms with Gasteiger partial charge in [-0.15, -0.1) is 0 Å². The Kier molecular flexibility index (Phi) is 4.59. The smallest absolute Gasteiger partial charge is 0.246 e. The highest BCUT2D eigenvalue weighted by Crippen LogP contribution is 2.27. The summed E-state index contributed by atoms with van der Waals surface area (Å²) in [6.07, 6.45) is 6.24. The molecule has 7 heteroatoms. The van der Waals surface area contributed by atoms with Crippen LogP contribution in [0.2, 0.25) is 0 Å². The van der Waals surface area contributed by atoms with E-state index in [0.29, 0.717) is 19.5 Å². The van der Waals surface area contributed by atoms with E-state index in [2.05, 4.69) is 5.10 Å². The van der Waals surface area contributed by atoms with E-state index in [1.165, 1.54) is 6.20 Å². The van der Waals surface area contributed by atoms with Crippen LogP contribution in [0.15, 0.2) is 17.3 Å². The summed E-state index contributed by atoms with van der Waals surface area (Å²) in [7, 11) is -3.42. The van der Waals surface area contributed by atoms with E-state index in [-0.39, 0.29) is 17.5 Å². The van der Waals surface area contributed by atoms with Crippen molar-refractivity contribution in [3.63, 3.8) is 0 Å². The van der Waals surface area contributed by atoms with Crippen LogP contribution in [-0.4, -0.2) is 46.8 Å². The molecule has 19 heavy (non-hydrogen) atoms. The maximum Gasteiger partial charge on any atom is 0.246 e. The van der Waals surface area contributed by atoms with Gasteiger partial charge in [-0.25, -0.2) is 8.42 Å². The number of sulfonamides is 1. The van der Waals surface area contributed by atoms with E-state index in [1.807, 2.05) is 6.92 Å². The lowest BCUT2D eigenvalue weighted by molar-refractivity contribution is 0.277. The van der Waals surface area contributed by atoms with Gasteiger partial charge in [0.2, 0.25) is 10.0 Å². The molecule has 1 saturated heterocycles. The van der Waals surface area contributed by atoms with Crippen LogP contribution in [0.1, 0.15) is 32.6 Å². The molecule has 108 valence electrons. The normalized spacial score (nSPS) is 21.1. The predicted molar refractivity (Wildman–Crippen MR) is 71.1 cm³/mol. The van der Waals surface area contributed by atoms with Crippen molar-refractivity contribution < 1.29 is 13.5 Å². The Morgan fingerprint density at radius 3 is 3.00 bits per heavy atom. The number of aryl methyl sites for hydroxylation is 1. The van der Waals surface area contributed by atoms with Gasteiger partial charge < -0.3 is 5.11 Å². The summed E-state index contributed by atoms with van der Waals surface area (Å²) in [6, 6.07) is 0.116. The van der Waals surface area contributed by atoms with Gasteiger partial charge in [0.15, 0.2) is 0 Å². The Morgan fingerprint density at radius 2 is 2.32 bits per heavy atom. The van der Waals surface area contributed by atoms with Crippen LogP contribution in [-0.2, 0) is 16.6 Å². The lowest BCUT2D eigenvalue weighted by atomic mass is 10.2. The quantitative estimate of drug-likeness (QED) is 0.841. The molecule has 1 fully saturated rings. The fourth-order valence-electron chi connectivity index (χ4n) is 2.50. The monoisotopic (exact) mass is 287 g/mol. The molecule has 2 heterocycles. The first-order valence-electron chi connectivity index (χ1n) is 6.74. The third-order valence-electron chi connectivity index (χ3n) is 3.56. The zero-order valence-corrected chi connectivity index (χ0v) is 12.0. The largest absolute Gasteiger partial charge is 0.396 e. The molecule has 0 bridgehead atoms. The Hall–Kier alpha value is -0.920. The summed E-state index contributed by atoms with van der Waals surface area (Å²) >= 11 is 0. The van der Waals surface area contributed by atoms with Crippen molar-refractivity contribution >= 4 is 10.0 Å². The molecule has 0 radical (unpaired) electrons. The zero-order chi connectivity index (χ0) is 13.9. The van der Waals surface area contributed by atoms with Crippen molar-refractivity contribution in [3.05, 3.63) is 12.4 Å². The molecule has 0 saturated carbocycles. The number of aliphatic hydroxyl groups is 1. The van der Waals surface area contributed by atoms with E-state index >= 15 is 0 Å². The second kappa shape index (κ2) is 6.02. The fourth-order valence-corrected chi connectivity index (χ4v) is 4.22. The van der Waals surface area contributed by atoms with Crippen molar-refractivity contribution in [1.29, 1.82) is 0 Å². The molecular weight excluding hydrogens is 266 g/mol. The molecule has 1 aromatic rings. The number of nitrogens with zero attached hydrogens (tertiary/aromatic N) is 3. The predicted octanol–water partition coefficient (Wildman–Crippen LogP) is 0.829. The van der Waals surface area contributed by atoms with Crippen molar-refractivity contribution in [2.75, 3.05) is 13.2 Å². The van der Waals surface area contributed by atoms with Gasteiger partial charge in [-0.2, -0.15) is 9.40 Å². The van der Waals surface area contributed by atoms with Crippen LogP contribution in [0.3, 0.4) is 0 Å². The van der Waals surface area contributed by atoms with Crippen LogP contribution in [0.4, 0.5) is 0 Å². The standard InChI is InChI=1S/C12H21N3O3S/c1-2-11-5-3-7-15(11)19(17,18)12-9-13-14(10-12)6-4-8-16/h9-11,16H,2-8H2,1H3. The lowest BCUT2D eigenvalue weighted by Gasteiger charge is -2.21. The topological polar surface area (TPSA) is 75.4 Å². The Labute approximate surface area is 114 Å². The first-order chi connectivity index (χ1) is 9.09. The third kappa shape index (κ3) is 2.98. The summed E-state index contributed by atoms with van der Waals surface area (Å²) in [5.41, 5.74) is 0. The molecule has 1 unspecified atom stereocenters. The van der Waals surface area contributed by atoms with E-state index in [0.717, 1.165) is 19.3 Å². The van der Waals surface area contributed by atoms with Crippen LogP contribution in [0, 0.1) is 0 Å². The van der Waals surface area contributed by atoms with Gasteiger partial charge >= 0.3 is 0 Å². The minimum Gasteiger partial charge on any atom is -0.396 e. The molecule has 0 spiro atoms. The molecule has 2 rings (SSSR count). The van der Waals surface area contributed by atoms with Crippen molar-refractivity contribution in [2.45, 2.75) is 50.1 Å². The number of hydrogen-bond acceptors (Lipinski definition) is 4. The Morgan fingerprint density at radius 1 is 1.53 bits per heavy atom. The molecule has 1 aromatic heterocycles. The highest BCUT2D eigenvalue weighted by atomic mass is 32.2. The molecule has 1 atom stereocenters. The second-order valence-electron chi connectivity index (χ2n) is 4.84. The van der Waals surface area contributed by atoms with Gasteiger partial charge in [0, 0.05) is 31.9 Å². The van der Waals surface area contributed by atoms with Gasteiger partial charge in [-0.05, 0) is 25.7 Å². The Bertz CT molecular complexity index is 512. The second-order valence-corrected chi connectivity index (χ2v) is 6.73. The fraction of sp³-hybridized carbons (Fsp3) is 0.750. The molecular formula is C12H21N3O3S. The first-order valence-corrected chi connectivity index (χ1v) is 8.18. The summed E-state index contributed by atoms with van der Waals surface area (Å²) < 4.78 is 28.2. The summed E-state index contributed by atoms with van der Waals surface area (Å²) in [6.45, 7) is 3.22. The van der Waals surface area contributed by atoms with E-state index in [1.54, 1.807) is 15.2 Å². The minimum absolute atomic E-state index is 0.0754. The highest BCUT2D eigenvalue weighted by Gasteiger charge is 2.34. The highest BCUT2D eigenvalue weighted by molar-refractivity contribution is 7.89. The van der Waals surface area contributed by atoms with E-state index in [9.17, 15) is 8.42 Å². The minimum atomic E-state index is -3.42. The van der Waals surface area contributed by atoms with Crippen LogP contribution in [0.25, 0.3) is 0 Å². The van der Waals surface area contributed by atoms with Gasteiger partial charge in [0.1, 0.15) is 4.90 Å². The van der Waals surface area contributed by atoms with Crippen LogP contribution < -0.4 is 0 Å². The maximum atomic E-state index is 12.5. The molecule has 0 aliphatic carbocycles. The SMILES string of the molecule is CCC1CCCN1S(=O)(=O)c1cnn(CCCO)c1. The average Bonchev–Trinajstić information content (AvgIpc) is 3.05. The lowest BCUT2D eigenvalue weighted by Crippen LogP contribution is -2.34. The van der Waals surface area contributed by atoms with E-state index in [4.69, 9.17) is 5.11 Å². The summed E-state index contributed by atoms with van der Waals surface area (Å²) in [5.74, 6) is 0. The number of hydrogen-bond donors (Lipinski definition) is 1. The first kappa shape index (κ1) is 14.5. The molecule has 0 aromatic carbocycles. The van der Waals surface area contributed by atoms with Gasteiger partial charge in [0.25, 0.3) is 0 Å².